The molecule has 138 valence electrons. The van der Waals surface area contributed by atoms with Crippen LogP contribution in [0.4, 0.5) is 10.1 Å². The summed E-state index contributed by atoms with van der Waals surface area (Å²) in [4.78, 5) is 6.59. The van der Waals surface area contributed by atoms with Crippen molar-refractivity contribution in [2.45, 2.75) is 32.0 Å². The minimum Gasteiger partial charge on any atom is -0.351 e. The maximum absolute atomic E-state index is 13.4. The highest BCUT2D eigenvalue weighted by atomic mass is 32.1. The molecule has 0 aliphatic carbocycles. The Balaban J connectivity index is 1.81. The van der Waals surface area contributed by atoms with Crippen molar-refractivity contribution in [3.05, 3.63) is 84.2 Å². The second kappa shape index (κ2) is 7.12. The highest BCUT2D eigenvalue weighted by molar-refractivity contribution is 7.80. The summed E-state index contributed by atoms with van der Waals surface area (Å²) in [5.74, 6) is -0.263. The number of nitrogens with zero attached hydrogens (tertiary/aromatic N) is 3. The van der Waals surface area contributed by atoms with Gasteiger partial charge in [-0.1, -0.05) is 6.07 Å². The van der Waals surface area contributed by atoms with Crippen LogP contribution in [-0.4, -0.2) is 14.7 Å². The quantitative estimate of drug-likeness (QED) is 0.661. The molecule has 1 aromatic carbocycles. The van der Waals surface area contributed by atoms with E-state index in [2.05, 4.69) is 47.2 Å². The van der Waals surface area contributed by atoms with Gasteiger partial charge in [-0.15, -0.1) is 0 Å². The fourth-order valence-electron chi connectivity index (χ4n) is 3.50. The Morgan fingerprint density at radius 2 is 1.89 bits per heavy atom. The van der Waals surface area contributed by atoms with E-state index >= 15 is 0 Å². The molecule has 27 heavy (non-hydrogen) atoms. The van der Waals surface area contributed by atoms with E-state index in [4.69, 9.17) is 12.2 Å². The molecule has 1 saturated heterocycles. The molecule has 0 radical (unpaired) electrons. The summed E-state index contributed by atoms with van der Waals surface area (Å²) < 4.78 is 15.6. The third-order valence-corrected chi connectivity index (χ3v) is 5.19. The lowest BCUT2D eigenvalue weighted by atomic mass is 9.98. The van der Waals surface area contributed by atoms with Crippen LogP contribution < -0.4 is 10.2 Å². The van der Waals surface area contributed by atoms with Crippen LogP contribution in [-0.2, 0) is 0 Å². The zero-order valence-electron chi connectivity index (χ0n) is 15.2. The van der Waals surface area contributed by atoms with Gasteiger partial charge in [0.15, 0.2) is 5.11 Å². The van der Waals surface area contributed by atoms with Gasteiger partial charge in [0.05, 0.1) is 17.8 Å². The summed E-state index contributed by atoms with van der Waals surface area (Å²) in [5, 5.41) is 4.02. The number of rotatable bonds is 4. The molecule has 0 unspecified atom stereocenters. The van der Waals surface area contributed by atoms with Crippen LogP contribution >= 0.6 is 12.2 Å². The number of pyridine rings is 1. The largest absolute Gasteiger partial charge is 0.351 e. The number of nitrogens with one attached hydrogen (secondary N) is 1. The van der Waals surface area contributed by atoms with Crippen molar-refractivity contribution in [1.29, 1.82) is 0 Å². The summed E-state index contributed by atoms with van der Waals surface area (Å²) >= 11 is 5.65. The molecular formula is C21H21FN4S. The topological polar surface area (TPSA) is 33.1 Å². The van der Waals surface area contributed by atoms with Crippen molar-refractivity contribution in [3.63, 3.8) is 0 Å². The first-order valence-electron chi connectivity index (χ1n) is 8.98. The Bertz CT molecular complexity index is 936. The van der Waals surface area contributed by atoms with E-state index in [0.717, 1.165) is 16.9 Å². The van der Waals surface area contributed by atoms with E-state index in [1.54, 1.807) is 18.3 Å². The van der Waals surface area contributed by atoms with Crippen molar-refractivity contribution < 1.29 is 4.39 Å². The Labute approximate surface area is 163 Å². The number of hydrogen-bond acceptors (Lipinski definition) is 2. The summed E-state index contributed by atoms with van der Waals surface area (Å²) in [5.41, 5.74) is 2.91. The molecule has 1 aliphatic rings. The predicted molar refractivity (Wildman–Crippen MR) is 109 cm³/mol. The number of anilines is 1. The molecule has 1 N–H and O–H groups in total. The predicted octanol–water partition coefficient (Wildman–Crippen LogP) is 4.78. The van der Waals surface area contributed by atoms with Crippen molar-refractivity contribution in [2.75, 3.05) is 4.90 Å². The summed E-state index contributed by atoms with van der Waals surface area (Å²) in [6.07, 6.45) is 6.02. The van der Waals surface area contributed by atoms with Gasteiger partial charge in [0.2, 0.25) is 0 Å². The number of hydrogen-bond donors (Lipinski definition) is 1. The Morgan fingerprint density at radius 3 is 2.52 bits per heavy atom. The highest BCUT2D eigenvalue weighted by Gasteiger charge is 2.41. The van der Waals surface area contributed by atoms with Crippen molar-refractivity contribution in [3.8, 4) is 0 Å². The van der Waals surface area contributed by atoms with Crippen LogP contribution in [0.15, 0.2) is 67.1 Å². The third-order valence-electron chi connectivity index (χ3n) is 4.88. The van der Waals surface area contributed by atoms with E-state index < -0.39 is 0 Å². The van der Waals surface area contributed by atoms with Crippen LogP contribution in [0.25, 0.3) is 0 Å². The maximum Gasteiger partial charge on any atom is 0.174 e. The van der Waals surface area contributed by atoms with E-state index in [1.807, 2.05) is 23.1 Å². The molecular weight excluding hydrogens is 359 g/mol. The first kappa shape index (κ1) is 17.7. The van der Waals surface area contributed by atoms with Crippen LogP contribution in [0.2, 0.25) is 0 Å². The third kappa shape index (κ3) is 3.32. The molecule has 2 aromatic heterocycles. The molecule has 0 spiro atoms. The van der Waals surface area contributed by atoms with Gasteiger partial charge in [0.25, 0.3) is 0 Å². The number of aromatic nitrogens is 2. The fraction of sp³-hybridized carbons (Fsp3) is 0.238. The minimum absolute atomic E-state index is 0.0714. The van der Waals surface area contributed by atoms with Gasteiger partial charge in [-0.05, 0) is 74.1 Å². The molecule has 4 rings (SSSR count). The molecule has 6 heteroatoms. The van der Waals surface area contributed by atoms with Gasteiger partial charge < -0.3 is 14.8 Å². The normalized spacial score (nSPS) is 19.6. The molecule has 1 fully saturated rings. The van der Waals surface area contributed by atoms with Crippen LogP contribution in [0.1, 0.15) is 43.2 Å². The van der Waals surface area contributed by atoms with Gasteiger partial charge >= 0.3 is 0 Å². The van der Waals surface area contributed by atoms with Gasteiger partial charge in [-0.3, -0.25) is 4.98 Å². The Morgan fingerprint density at radius 1 is 1.11 bits per heavy atom. The Hall–Kier alpha value is -2.73. The fourth-order valence-corrected chi connectivity index (χ4v) is 3.85. The van der Waals surface area contributed by atoms with Crippen LogP contribution in [0.5, 0.6) is 0 Å². The minimum atomic E-state index is -0.263. The molecule has 0 bridgehead atoms. The first-order valence-corrected chi connectivity index (χ1v) is 9.39. The average Bonchev–Trinajstić information content (AvgIpc) is 3.28. The summed E-state index contributed by atoms with van der Waals surface area (Å²) in [6, 6.07) is 14.6. The molecule has 0 amide bonds. The van der Waals surface area contributed by atoms with Gasteiger partial charge in [0.1, 0.15) is 5.82 Å². The maximum atomic E-state index is 13.4. The van der Waals surface area contributed by atoms with Crippen molar-refractivity contribution in [2.24, 2.45) is 0 Å². The second-order valence-electron chi connectivity index (χ2n) is 6.96. The number of thiocarbonyl (C=S) groups is 1. The average molecular weight is 380 g/mol. The van der Waals surface area contributed by atoms with Gasteiger partial charge in [-0.2, -0.15) is 0 Å². The van der Waals surface area contributed by atoms with Crippen LogP contribution in [0, 0.1) is 5.82 Å². The van der Waals surface area contributed by atoms with Gasteiger partial charge in [0, 0.05) is 30.3 Å². The molecule has 4 nitrogen and oxygen atoms in total. The van der Waals surface area contributed by atoms with E-state index in [-0.39, 0.29) is 17.9 Å². The second-order valence-corrected chi connectivity index (χ2v) is 7.35. The number of halogens is 1. The molecule has 3 heterocycles. The zero-order valence-corrected chi connectivity index (χ0v) is 16.0. The Kier molecular flexibility index (Phi) is 4.66. The first-order chi connectivity index (χ1) is 13.0. The highest BCUT2D eigenvalue weighted by Crippen LogP contribution is 2.41. The number of benzene rings is 1. The van der Waals surface area contributed by atoms with Crippen molar-refractivity contribution in [1.82, 2.24) is 14.9 Å². The van der Waals surface area contributed by atoms with Crippen molar-refractivity contribution >= 4 is 23.0 Å². The standard InChI is InChI=1S/C21H21FN4S/c1-14(2)25-12-10-15(13-25)20-19(18-5-3-4-11-23-18)24-21(27)26(20)17-8-6-16(22)7-9-17/h3-14,19-20H,1-2H3,(H,24,27)/t19-,20-/m0/s1. The molecule has 0 saturated carbocycles. The lowest BCUT2D eigenvalue weighted by Crippen LogP contribution is -2.29. The molecule has 1 aliphatic heterocycles. The van der Waals surface area contributed by atoms with Gasteiger partial charge in [-0.25, -0.2) is 4.39 Å². The zero-order chi connectivity index (χ0) is 19.0. The molecule has 3 aromatic rings. The van der Waals surface area contributed by atoms with E-state index in [9.17, 15) is 4.39 Å². The SMILES string of the molecule is CC(C)n1ccc([C@H]2[C@H](c3ccccn3)NC(=S)N2c2ccc(F)cc2)c1. The van der Waals surface area contributed by atoms with E-state index in [1.165, 1.54) is 12.1 Å². The van der Waals surface area contributed by atoms with E-state index in [0.29, 0.717) is 11.2 Å². The lowest BCUT2D eigenvalue weighted by molar-refractivity contribution is 0.559. The monoisotopic (exact) mass is 380 g/mol. The lowest BCUT2D eigenvalue weighted by Gasteiger charge is -2.27. The van der Waals surface area contributed by atoms with Crippen LogP contribution in [0.3, 0.4) is 0 Å². The summed E-state index contributed by atoms with van der Waals surface area (Å²) in [6.45, 7) is 4.30. The summed E-state index contributed by atoms with van der Waals surface area (Å²) in [7, 11) is 0. The molecule has 2 atom stereocenters. The smallest absolute Gasteiger partial charge is 0.174 e.